The standard InChI is InChI=1S/C18H18N2O6/c1-18(15-5-4-8-26-15)16(22)20(17(23)19-18)10-12(21)11-6-7-13(24-2)14(9-11)25-3/h4-9H,10H2,1-3H3,(H,19,23). The van der Waals surface area contributed by atoms with Gasteiger partial charge in [0, 0.05) is 5.56 Å². The quantitative estimate of drug-likeness (QED) is 0.626. The molecule has 1 aliphatic heterocycles. The van der Waals surface area contributed by atoms with E-state index >= 15 is 0 Å². The molecule has 1 saturated heterocycles. The van der Waals surface area contributed by atoms with Gasteiger partial charge in [0.05, 0.1) is 27.0 Å². The molecule has 0 aliphatic carbocycles. The van der Waals surface area contributed by atoms with Gasteiger partial charge < -0.3 is 19.2 Å². The number of ether oxygens (including phenoxy) is 2. The maximum atomic E-state index is 12.7. The number of benzene rings is 1. The van der Waals surface area contributed by atoms with Gasteiger partial charge in [0.25, 0.3) is 5.91 Å². The number of nitrogens with one attached hydrogen (secondary N) is 1. The van der Waals surface area contributed by atoms with Crippen LogP contribution in [0.2, 0.25) is 0 Å². The van der Waals surface area contributed by atoms with Crippen LogP contribution in [0.3, 0.4) is 0 Å². The average molecular weight is 358 g/mol. The first-order valence-electron chi connectivity index (χ1n) is 7.84. The van der Waals surface area contributed by atoms with Gasteiger partial charge in [-0.2, -0.15) is 0 Å². The zero-order valence-corrected chi connectivity index (χ0v) is 14.6. The third-order valence-corrected chi connectivity index (χ3v) is 4.30. The molecule has 0 spiro atoms. The lowest BCUT2D eigenvalue weighted by molar-refractivity contribution is -0.131. The Morgan fingerprint density at radius 1 is 1.19 bits per heavy atom. The first-order valence-corrected chi connectivity index (χ1v) is 7.84. The van der Waals surface area contributed by atoms with Crippen molar-refractivity contribution in [1.82, 2.24) is 10.2 Å². The number of methoxy groups -OCH3 is 2. The Balaban J connectivity index is 1.82. The van der Waals surface area contributed by atoms with E-state index in [-0.39, 0.29) is 0 Å². The van der Waals surface area contributed by atoms with Gasteiger partial charge in [-0.15, -0.1) is 0 Å². The Bertz CT molecular complexity index is 861. The third kappa shape index (κ3) is 2.79. The van der Waals surface area contributed by atoms with Gasteiger partial charge in [0.1, 0.15) is 5.76 Å². The zero-order valence-electron chi connectivity index (χ0n) is 14.6. The molecule has 1 aromatic carbocycles. The molecule has 2 aromatic rings. The van der Waals surface area contributed by atoms with Crippen molar-refractivity contribution in [3.8, 4) is 11.5 Å². The number of carbonyl (C=O) groups is 3. The molecule has 1 atom stereocenters. The molecule has 2 heterocycles. The number of hydrogen-bond donors (Lipinski definition) is 1. The first-order chi connectivity index (χ1) is 12.4. The second-order valence-corrected chi connectivity index (χ2v) is 5.92. The van der Waals surface area contributed by atoms with Crippen molar-refractivity contribution in [2.24, 2.45) is 0 Å². The fraction of sp³-hybridized carbons (Fsp3) is 0.278. The van der Waals surface area contributed by atoms with E-state index in [1.54, 1.807) is 24.3 Å². The van der Waals surface area contributed by atoms with E-state index in [0.29, 0.717) is 22.8 Å². The SMILES string of the molecule is COc1ccc(C(=O)CN2C(=O)NC(C)(c3ccco3)C2=O)cc1OC. The number of hydrogen-bond acceptors (Lipinski definition) is 6. The molecule has 1 N–H and O–H groups in total. The van der Waals surface area contributed by atoms with E-state index in [1.165, 1.54) is 33.5 Å². The molecule has 0 radical (unpaired) electrons. The van der Waals surface area contributed by atoms with Crippen molar-refractivity contribution in [3.63, 3.8) is 0 Å². The normalized spacial score (nSPS) is 19.4. The van der Waals surface area contributed by atoms with Crippen LogP contribution in [0.5, 0.6) is 11.5 Å². The number of urea groups is 1. The molecule has 26 heavy (non-hydrogen) atoms. The molecule has 1 aromatic heterocycles. The van der Waals surface area contributed by atoms with Crippen molar-refractivity contribution in [2.75, 3.05) is 20.8 Å². The van der Waals surface area contributed by atoms with Crippen LogP contribution in [0.1, 0.15) is 23.0 Å². The highest BCUT2D eigenvalue weighted by molar-refractivity contribution is 6.11. The van der Waals surface area contributed by atoms with E-state index in [0.717, 1.165) is 4.90 Å². The number of amides is 3. The van der Waals surface area contributed by atoms with Crippen molar-refractivity contribution in [3.05, 3.63) is 47.9 Å². The van der Waals surface area contributed by atoms with Gasteiger partial charge in [-0.05, 0) is 37.3 Å². The van der Waals surface area contributed by atoms with Crippen molar-refractivity contribution in [1.29, 1.82) is 0 Å². The summed E-state index contributed by atoms with van der Waals surface area (Å²) in [4.78, 5) is 38.4. The second-order valence-electron chi connectivity index (χ2n) is 5.92. The summed E-state index contributed by atoms with van der Waals surface area (Å²) in [7, 11) is 2.94. The fourth-order valence-corrected chi connectivity index (χ4v) is 2.82. The van der Waals surface area contributed by atoms with Gasteiger partial charge >= 0.3 is 6.03 Å². The molecule has 0 saturated carbocycles. The summed E-state index contributed by atoms with van der Waals surface area (Å²) in [5.41, 5.74) is -1.03. The molecule has 1 aliphatic rings. The molecule has 1 unspecified atom stereocenters. The number of ketones is 1. The minimum Gasteiger partial charge on any atom is -0.493 e. The summed E-state index contributed by atoms with van der Waals surface area (Å²) in [6, 6.07) is 7.21. The van der Waals surface area contributed by atoms with Gasteiger partial charge in [0.15, 0.2) is 22.8 Å². The summed E-state index contributed by atoms with van der Waals surface area (Å²) in [6.07, 6.45) is 1.41. The summed E-state index contributed by atoms with van der Waals surface area (Å²) in [5, 5.41) is 2.58. The minimum atomic E-state index is -1.33. The monoisotopic (exact) mass is 358 g/mol. The molecular weight excluding hydrogens is 340 g/mol. The fourth-order valence-electron chi connectivity index (χ4n) is 2.82. The predicted octanol–water partition coefficient (Wildman–Crippen LogP) is 1.95. The Morgan fingerprint density at radius 2 is 1.92 bits per heavy atom. The van der Waals surface area contributed by atoms with E-state index < -0.39 is 29.8 Å². The highest BCUT2D eigenvalue weighted by Crippen LogP contribution is 2.30. The summed E-state index contributed by atoms with van der Waals surface area (Å²) < 4.78 is 15.6. The largest absolute Gasteiger partial charge is 0.493 e. The Hall–Kier alpha value is -3.29. The van der Waals surface area contributed by atoms with Crippen molar-refractivity contribution in [2.45, 2.75) is 12.5 Å². The summed E-state index contributed by atoms with van der Waals surface area (Å²) in [6.45, 7) is 1.14. The van der Waals surface area contributed by atoms with Crippen molar-refractivity contribution < 1.29 is 28.3 Å². The second kappa shape index (κ2) is 6.55. The lowest BCUT2D eigenvalue weighted by Crippen LogP contribution is -2.41. The van der Waals surface area contributed by atoms with E-state index in [4.69, 9.17) is 13.9 Å². The highest BCUT2D eigenvalue weighted by atomic mass is 16.5. The van der Waals surface area contributed by atoms with Crippen molar-refractivity contribution >= 4 is 17.7 Å². The Kier molecular flexibility index (Phi) is 4.41. The molecule has 8 heteroatoms. The van der Waals surface area contributed by atoms with Crippen LogP contribution in [0, 0.1) is 0 Å². The number of carbonyl (C=O) groups excluding carboxylic acids is 3. The number of Topliss-reactive ketones (excluding diaryl/α,β-unsaturated/α-hetero) is 1. The number of imide groups is 1. The summed E-state index contributed by atoms with van der Waals surface area (Å²) >= 11 is 0. The average Bonchev–Trinajstić information content (AvgIpc) is 3.25. The molecule has 3 rings (SSSR count). The number of nitrogens with zero attached hydrogens (tertiary/aromatic N) is 1. The minimum absolute atomic E-state index is 0.301. The van der Waals surface area contributed by atoms with Crippen LogP contribution < -0.4 is 14.8 Å². The lowest BCUT2D eigenvalue weighted by atomic mass is 9.99. The van der Waals surface area contributed by atoms with E-state index in [2.05, 4.69) is 5.32 Å². The van der Waals surface area contributed by atoms with Gasteiger partial charge in [0.2, 0.25) is 0 Å². The van der Waals surface area contributed by atoms with E-state index in [9.17, 15) is 14.4 Å². The number of rotatable bonds is 6. The molecule has 0 bridgehead atoms. The Labute approximate surface area is 149 Å². The Morgan fingerprint density at radius 3 is 2.54 bits per heavy atom. The molecule has 3 amide bonds. The topological polar surface area (TPSA) is 98.1 Å². The smallest absolute Gasteiger partial charge is 0.325 e. The zero-order chi connectivity index (χ0) is 18.9. The molecular formula is C18H18N2O6. The molecule has 8 nitrogen and oxygen atoms in total. The molecule has 136 valence electrons. The molecule has 1 fully saturated rings. The third-order valence-electron chi connectivity index (χ3n) is 4.30. The van der Waals surface area contributed by atoms with Crippen LogP contribution in [0.25, 0.3) is 0 Å². The summed E-state index contributed by atoms with van der Waals surface area (Å²) in [5.74, 6) is 0.210. The van der Waals surface area contributed by atoms with Crippen LogP contribution in [-0.2, 0) is 10.3 Å². The highest BCUT2D eigenvalue weighted by Gasteiger charge is 2.51. The van der Waals surface area contributed by atoms with Crippen LogP contribution in [0.4, 0.5) is 4.79 Å². The van der Waals surface area contributed by atoms with Crippen LogP contribution in [0.15, 0.2) is 41.0 Å². The maximum Gasteiger partial charge on any atom is 0.325 e. The van der Waals surface area contributed by atoms with Crippen LogP contribution >= 0.6 is 0 Å². The van der Waals surface area contributed by atoms with Crippen LogP contribution in [-0.4, -0.2) is 43.4 Å². The number of furan rings is 1. The maximum absolute atomic E-state index is 12.7. The van der Waals surface area contributed by atoms with Gasteiger partial charge in [-0.25, -0.2) is 4.79 Å². The van der Waals surface area contributed by atoms with Gasteiger partial charge in [-0.1, -0.05) is 0 Å². The lowest BCUT2D eigenvalue weighted by Gasteiger charge is -2.18. The first kappa shape index (κ1) is 17.5. The van der Waals surface area contributed by atoms with Gasteiger partial charge in [-0.3, -0.25) is 14.5 Å². The predicted molar refractivity (Wildman–Crippen MR) is 90.2 cm³/mol. The van der Waals surface area contributed by atoms with E-state index in [1.807, 2.05) is 0 Å².